The standard InChI is InChI=1S/C20H19F2N3O3S/c1-11-16(18(26)24-13-6-4-3-5-7-13)17(25-20(29)23-11)12-8-9-14(28-19(21)22)15(10-12)27-2/h3-10,17,19H,1-2H3,(H,24,26)(H2,23,25,29). The summed E-state index contributed by atoms with van der Waals surface area (Å²) >= 11 is 5.23. The van der Waals surface area contributed by atoms with Gasteiger partial charge in [0.05, 0.1) is 18.7 Å². The summed E-state index contributed by atoms with van der Waals surface area (Å²) < 4.78 is 34.8. The maximum Gasteiger partial charge on any atom is 0.387 e. The lowest BCUT2D eigenvalue weighted by Gasteiger charge is -2.30. The summed E-state index contributed by atoms with van der Waals surface area (Å²) in [5, 5.41) is 9.19. The number of ether oxygens (including phenoxy) is 2. The van der Waals surface area contributed by atoms with Gasteiger partial charge in [-0.2, -0.15) is 8.78 Å². The van der Waals surface area contributed by atoms with E-state index in [4.69, 9.17) is 17.0 Å². The van der Waals surface area contributed by atoms with E-state index in [2.05, 4.69) is 20.7 Å². The van der Waals surface area contributed by atoms with Crippen LogP contribution in [0.3, 0.4) is 0 Å². The van der Waals surface area contributed by atoms with Crippen molar-refractivity contribution in [3.05, 3.63) is 65.4 Å². The van der Waals surface area contributed by atoms with Gasteiger partial charge in [0.25, 0.3) is 5.91 Å². The van der Waals surface area contributed by atoms with Crippen molar-refractivity contribution in [2.45, 2.75) is 19.6 Å². The van der Waals surface area contributed by atoms with E-state index in [0.29, 0.717) is 27.6 Å². The molecule has 1 aliphatic rings. The number of rotatable bonds is 6. The van der Waals surface area contributed by atoms with E-state index >= 15 is 0 Å². The van der Waals surface area contributed by atoms with Gasteiger partial charge in [-0.25, -0.2) is 0 Å². The molecule has 3 rings (SSSR count). The summed E-state index contributed by atoms with van der Waals surface area (Å²) in [6, 6.07) is 12.9. The Kier molecular flexibility index (Phi) is 6.28. The number of alkyl halides is 2. The predicted molar refractivity (Wildman–Crippen MR) is 109 cm³/mol. The molecule has 0 aliphatic carbocycles. The third kappa shape index (κ3) is 4.80. The van der Waals surface area contributed by atoms with E-state index in [1.807, 2.05) is 18.2 Å². The molecule has 0 radical (unpaired) electrons. The van der Waals surface area contributed by atoms with Gasteiger partial charge < -0.3 is 25.4 Å². The van der Waals surface area contributed by atoms with Crippen molar-refractivity contribution in [3.8, 4) is 11.5 Å². The maximum atomic E-state index is 13.0. The fraction of sp³-hybridized carbons (Fsp3) is 0.200. The molecule has 1 aliphatic heterocycles. The highest BCUT2D eigenvalue weighted by molar-refractivity contribution is 7.80. The molecule has 29 heavy (non-hydrogen) atoms. The van der Waals surface area contributed by atoms with Crippen LogP contribution >= 0.6 is 12.2 Å². The summed E-state index contributed by atoms with van der Waals surface area (Å²) in [5.41, 5.74) is 2.24. The highest BCUT2D eigenvalue weighted by atomic mass is 32.1. The molecule has 0 fully saturated rings. The van der Waals surface area contributed by atoms with Crippen LogP contribution in [0.4, 0.5) is 14.5 Å². The van der Waals surface area contributed by atoms with Crippen LogP contribution < -0.4 is 25.4 Å². The normalized spacial score (nSPS) is 16.2. The quantitative estimate of drug-likeness (QED) is 0.620. The summed E-state index contributed by atoms with van der Waals surface area (Å²) in [7, 11) is 1.35. The number of hydrogen-bond acceptors (Lipinski definition) is 4. The van der Waals surface area contributed by atoms with Gasteiger partial charge in [-0.15, -0.1) is 0 Å². The first-order valence-electron chi connectivity index (χ1n) is 8.66. The lowest BCUT2D eigenvalue weighted by molar-refractivity contribution is -0.113. The maximum absolute atomic E-state index is 13.0. The zero-order valence-corrected chi connectivity index (χ0v) is 16.5. The Labute approximate surface area is 171 Å². The fourth-order valence-electron chi connectivity index (χ4n) is 3.02. The molecule has 1 heterocycles. The molecule has 6 nitrogen and oxygen atoms in total. The van der Waals surface area contributed by atoms with Crippen LogP contribution in [0.25, 0.3) is 0 Å². The summed E-state index contributed by atoms with van der Waals surface area (Å²) in [4.78, 5) is 13.0. The van der Waals surface area contributed by atoms with E-state index in [0.717, 1.165) is 0 Å². The average molecular weight is 419 g/mol. The van der Waals surface area contributed by atoms with Gasteiger partial charge in [0.1, 0.15) is 0 Å². The van der Waals surface area contributed by atoms with Gasteiger partial charge in [0.15, 0.2) is 16.6 Å². The number of halogens is 2. The molecule has 2 aromatic rings. The Morgan fingerprint density at radius 1 is 1.17 bits per heavy atom. The summed E-state index contributed by atoms with van der Waals surface area (Å²) in [6.07, 6.45) is 0. The van der Waals surface area contributed by atoms with Gasteiger partial charge in [0, 0.05) is 11.4 Å². The van der Waals surface area contributed by atoms with Crippen LogP contribution in [0, 0.1) is 0 Å². The second-order valence-electron chi connectivity index (χ2n) is 6.18. The second-order valence-corrected chi connectivity index (χ2v) is 6.59. The van der Waals surface area contributed by atoms with Gasteiger partial charge >= 0.3 is 6.61 Å². The Morgan fingerprint density at radius 2 is 1.90 bits per heavy atom. The van der Waals surface area contributed by atoms with Crippen LogP contribution in [0.15, 0.2) is 59.8 Å². The van der Waals surface area contributed by atoms with Crippen molar-refractivity contribution >= 4 is 28.9 Å². The smallest absolute Gasteiger partial charge is 0.387 e. The monoisotopic (exact) mass is 419 g/mol. The number of methoxy groups -OCH3 is 1. The Balaban J connectivity index is 1.96. The minimum Gasteiger partial charge on any atom is -0.493 e. The highest BCUT2D eigenvalue weighted by Gasteiger charge is 2.30. The largest absolute Gasteiger partial charge is 0.493 e. The van der Waals surface area contributed by atoms with Crippen molar-refractivity contribution < 1.29 is 23.0 Å². The zero-order chi connectivity index (χ0) is 21.0. The van der Waals surface area contributed by atoms with Gasteiger partial charge in [0.2, 0.25) is 0 Å². The molecule has 3 N–H and O–H groups in total. The highest BCUT2D eigenvalue weighted by Crippen LogP contribution is 2.35. The second kappa shape index (κ2) is 8.87. The summed E-state index contributed by atoms with van der Waals surface area (Å²) in [5.74, 6) is -0.304. The molecule has 1 unspecified atom stereocenters. The van der Waals surface area contributed by atoms with Gasteiger partial charge in [-0.3, -0.25) is 4.79 Å². The Morgan fingerprint density at radius 3 is 2.55 bits per heavy atom. The van der Waals surface area contributed by atoms with E-state index in [-0.39, 0.29) is 17.4 Å². The zero-order valence-electron chi connectivity index (χ0n) is 15.7. The first-order chi connectivity index (χ1) is 13.9. The molecular formula is C20H19F2N3O3S. The third-order valence-electron chi connectivity index (χ3n) is 4.28. The van der Waals surface area contributed by atoms with Crippen molar-refractivity contribution in [3.63, 3.8) is 0 Å². The van der Waals surface area contributed by atoms with E-state index in [1.165, 1.54) is 19.2 Å². The van der Waals surface area contributed by atoms with E-state index < -0.39 is 12.7 Å². The molecular weight excluding hydrogens is 400 g/mol. The molecule has 1 amide bonds. The predicted octanol–water partition coefficient (Wildman–Crippen LogP) is 3.73. The Hall–Kier alpha value is -3.20. The first kappa shape index (κ1) is 20.5. The number of amides is 1. The number of carbonyl (C=O) groups excluding carboxylic acids is 1. The average Bonchev–Trinajstić information content (AvgIpc) is 2.68. The molecule has 0 saturated carbocycles. The number of thiocarbonyl (C=S) groups is 1. The minimum absolute atomic E-state index is 0.0984. The molecule has 1 atom stereocenters. The number of allylic oxidation sites excluding steroid dienone is 1. The van der Waals surface area contributed by atoms with Gasteiger partial charge in [-0.05, 0) is 49.0 Å². The molecule has 0 saturated heterocycles. The van der Waals surface area contributed by atoms with E-state index in [9.17, 15) is 13.6 Å². The van der Waals surface area contributed by atoms with Crippen LogP contribution in [-0.4, -0.2) is 24.7 Å². The van der Waals surface area contributed by atoms with Crippen LogP contribution in [0.2, 0.25) is 0 Å². The number of carbonyl (C=O) groups is 1. The number of benzene rings is 2. The van der Waals surface area contributed by atoms with E-state index in [1.54, 1.807) is 25.1 Å². The van der Waals surface area contributed by atoms with Gasteiger partial charge in [-0.1, -0.05) is 24.3 Å². The third-order valence-corrected chi connectivity index (χ3v) is 4.50. The number of nitrogens with one attached hydrogen (secondary N) is 3. The SMILES string of the molecule is COc1cc(C2NC(=S)NC(C)=C2C(=O)Nc2ccccc2)ccc1OC(F)F. The van der Waals surface area contributed by atoms with Crippen molar-refractivity contribution in [2.75, 3.05) is 12.4 Å². The van der Waals surface area contributed by atoms with Crippen molar-refractivity contribution in [1.29, 1.82) is 0 Å². The van der Waals surface area contributed by atoms with Crippen LogP contribution in [0.5, 0.6) is 11.5 Å². The molecule has 2 aromatic carbocycles. The van der Waals surface area contributed by atoms with Crippen LogP contribution in [-0.2, 0) is 4.79 Å². The number of para-hydroxylation sites is 1. The fourth-order valence-corrected chi connectivity index (χ4v) is 3.29. The van der Waals surface area contributed by atoms with Crippen molar-refractivity contribution in [2.24, 2.45) is 0 Å². The summed E-state index contributed by atoms with van der Waals surface area (Å²) in [6.45, 7) is -1.24. The topological polar surface area (TPSA) is 71.6 Å². The molecule has 0 spiro atoms. The number of hydrogen-bond donors (Lipinski definition) is 3. The molecule has 152 valence electrons. The number of anilines is 1. The van der Waals surface area contributed by atoms with Crippen LogP contribution in [0.1, 0.15) is 18.5 Å². The van der Waals surface area contributed by atoms with Crippen molar-refractivity contribution in [1.82, 2.24) is 10.6 Å². The lowest BCUT2D eigenvalue weighted by atomic mass is 9.94. The molecule has 0 aromatic heterocycles. The first-order valence-corrected chi connectivity index (χ1v) is 9.07. The molecule has 0 bridgehead atoms. The lowest BCUT2D eigenvalue weighted by Crippen LogP contribution is -2.45. The minimum atomic E-state index is -2.98. The Bertz CT molecular complexity index is 951. The molecule has 9 heteroatoms.